The number of ether oxygens (including phenoxy) is 1. The number of carbonyl (C=O) groups excluding carboxylic acids is 2. The number of aryl methyl sites for hydroxylation is 2. The fraction of sp³-hybridized carbons (Fsp3) is 0.185. The van der Waals surface area contributed by atoms with Gasteiger partial charge in [0.25, 0.3) is 5.91 Å². The number of methoxy groups -OCH3 is 1. The predicted octanol–water partition coefficient (Wildman–Crippen LogP) is 4.80. The first-order valence-electron chi connectivity index (χ1n) is 11.1. The molecule has 0 unspecified atom stereocenters. The van der Waals surface area contributed by atoms with Crippen LogP contribution in [-0.2, 0) is 6.54 Å². The minimum atomic E-state index is -0.225. The SMILES string of the molecule is COc1ccc(C(=O)NCc2nnc(SCC(=O)c3ccccc3)n2-c2cc(C)ccc2C)cc1. The summed E-state index contributed by atoms with van der Waals surface area (Å²) in [7, 11) is 1.58. The first-order chi connectivity index (χ1) is 17.0. The molecule has 0 aliphatic rings. The van der Waals surface area contributed by atoms with Crippen molar-refractivity contribution in [2.75, 3.05) is 12.9 Å². The van der Waals surface area contributed by atoms with Crippen molar-refractivity contribution in [3.63, 3.8) is 0 Å². The zero-order valence-corrected chi connectivity index (χ0v) is 20.6. The Labute approximate surface area is 208 Å². The minimum Gasteiger partial charge on any atom is -0.497 e. The summed E-state index contributed by atoms with van der Waals surface area (Å²) in [5.41, 5.74) is 4.22. The summed E-state index contributed by atoms with van der Waals surface area (Å²) in [4.78, 5) is 25.4. The molecule has 0 saturated heterocycles. The summed E-state index contributed by atoms with van der Waals surface area (Å²) in [6.45, 7) is 4.21. The lowest BCUT2D eigenvalue weighted by Crippen LogP contribution is -2.24. The first kappa shape index (κ1) is 24.2. The molecule has 4 rings (SSSR count). The van der Waals surface area contributed by atoms with Gasteiger partial charge in [0, 0.05) is 11.1 Å². The number of benzene rings is 3. The Hall–Kier alpha value is -3.91. The van der Waals surface area contributed by atoms with E-state index in [0.29, 0.717) is 27.9 Å². The normalized spacial score (nSPS) is 10.7. The summed E-state index contributed by atoms with van der Waals surface area (Å²) in [6, 6.07) is 22.2. The number of aromatic nitrogens is 3. The maximum atomic E-state index is 12.7. The molecule has 1 aromatic heterocycles. The second kappa shape index (κ2) is 11.0. The lowest BCUT2D eigenvalue weighted by atomic mass is 10.1. The number of thioether (sulfide) groups is 1. The summed E-state index contributed by atoms with van der Waals surface area (Å²) in [6.07, 6.45) is 0. The average Bonchev–Trinajstić information content (AvgIpc) is 3.30. The zero-order chi connectivity index (χ0) is 24.8. The summed E-state index contributed by atoms with van der Waals surface area (Å²) in [5, 5.41) is 12.2. The van der Waals surface area contributed by atoms with Crippen molar-refractivity contribution in [2.45, 2.75) is 25.5 Å². The van der Waals surface area contributed by atoms with Gasteiger partial charge in [0.2, 0.25) is 0 Å². The molecule has 0 atom stereocenters. The lowest BCUT2D eigenvalue weighted by molar-refractivity contribution is 0.0948. The predicted molar refractivity (Wildman–Crippen MR) is 136 cm³/mol. The molecule has 178 valence electrons. The molecule has 7 nitrogen and oxygen atoms in total. The van der Waals surface area contributed by atoms with Crippen LogP contribution in [0.2, 0.25) is 0 Å². The second-order valence-corrected chi connectivity index (χ2v) is 8.96. The number of amides is 1. The highest BCUT2D eigenvalue weighted by atomic mass is 32.2. The fourth-order valence-electron chi connectivity index (χ4n) is 3.55. The molecule has 0 aliphatic carbocycles. The van der Waals surface area contributed by atoms with Gasteiger partial charge in [-0.25, -0.2) is 0 Å². The Kier molecular flexibility index (Phi) is 7.62. The van der Waals surface area contributed by atoms with E-state index >= 15 is 0 Å². The van der Waals surface area contributed by atoms with Crippen LogP contribution < -0.4 is 10.1 Å². The van der Waals surface area contributed by atoms with Gasteiger partial charge in [0.05, 0.1) is 25.1 Å². The monoisotopic (exact) mass is 486 g/mol. The van der Waals surface area contributed by atoms with Crippen LogP contribution in [0.25, 0.3) is 5.69 Å². The molecule has 0 radical (unpaired) electrons. The number of ketones is 1. The Morgan fingerprint density at radius 1 is 0.943 bits per heavy atom. The number of Topliss-reactive ketones (excluding diaryl/α,β-unsaturated/α-hetero) is 1. The van der Waals surface area contributed by atoms with Crippen LogP contribution in [0.15, 0.2) is 78.0 Å². The molecule has 1 N–H and O–H groups in total. The van der Waals surface area contributed by atoms with Crippen LogP contribution in [-0.4, -0.2) is 39.3 Å². The molecule has 1 heterocycles. The van der Waals surface area contributed by atoms with Gasteiger partial charge in [-0.2, -0.15) is 0 Å². The number of nitrogens with one attached hydrogen (secondary N) is 1. The molecular formula is C27H26N4O3S. The van der Waals surface area contributed by atoms with E-state index in [1.54, 1.807) is 43.5 Å². The molecule has 0 fully saturated rings. The number of carbonyl (C=O) groups is 2. The fourth-order valence-corrected chi connectivity index (χ4v) is 4.41. The maximum absolute atomic E-state index is 12.7. The Morgan fingerprint density at radius 2 is 1.69 bits per heavy atom. The van der Waals surface area contributed by atoms with E-state index in [1.807, 2.05) is 48.7 Å². The number of nitrogens with zero attached hydrogens (tertiary/aromatic N) is 3. The van der Waals surface area contributed by atoms with Gasteiger partial charge < -0.3 is 10.1 Å². The second-order valence-electron chi connectivity index (χ2n) is 8.01. The van der Waals surface area contributed by atoms with Gasteiger partial charge in [-0.3, -0.25) is 14.2 Å². The quantitative estimate of drug-likeness (QED) is 0.270. The zero-order valence-electron chi connectivity index (χ0n) is 19.8. The molecule has 8 heteroatoms. The maximum Gasteiger partial charge on any atom is 0.251 e. The van der Waals surface area contributed by atoms with Crippen LogP contribution >= 0.6 is 11.8 Å². The average molecular weight is 487 g/mol. The van der Waals surface area contributed by atoms with Crippen molar-refractivity contribution in [1.82, 2.24) is 20.1 Å². The minimum absolute atomic E-state index is 0.0143. The Balaban J connectivity index is 1.58. The van der Waals surface area contributed by atoms with Gasteiger partial charge in [-0.1, -0.05) is 54.2 Å². The third-order valence-electron chi connectivity index (χ3n) is 5.49. The van der Waals surface area contributed by atoms with Gasteiger partial charge in [-0.15, -0.1) is 10.2 Å². The summed E-state index contributed by atoms with van der Waals surface area (Å²) < 4.78 is 7.07. The van der Waals surface area contributed by atoms with E-state index in [4.69, 9.17) is 4.74 Å². The van der Waals surface area contributed by atoms with Crippen LogP contribution in [0.3, 0.4) is 0 Å². The van der Waals surface area contributed by atoms with Gasteiger partial charge in [0.1, 0.15) is 5.75 Å². The molecule has 0 spiro atoms. The smallest absolute Gasteiger partial charge is 0.251 e. The van der Waals surface area contributed by atoms with Crippen molar-refractivity contribution in [3.8, 4) is 11.4 Å². The third kappa shape index (κ3) is 5.78. The van der Waals surface area contributed by atoms with Gasteiger partial charge >= 0.3 is 0 Å². The van der Waals surface area contributed by atoms with Crippen molar-refractivity contribution in [3.05, 3.63) is 101 Å². The topological polar surface area (TPSA) is 86.1 Å². The van der Waals surface area contributed by atoms with Crippen LogP contribution in [0, 0.1) is 13.8 Å². The van der Waals surface area contributed by atoms with E-state index in [2.05, 4.69) is 21.6 Å². The van der Waals surface area contributed by atoms with Gasteiger partial charge in [0.15, 0.2) is 16.8 Å². The van der Waals surface area contributed by atoms with Crippen molar-refractivity contribution in [1.29, 1.82) is 0 Å². The van der Waals surface area contributed by atoms with E-state index in [-0.39, 0.29) is 24.0 Å². The standard InChI is InChI=1S/C27H26N4O3S/c1-18-9-10-19(2)23(15-18)31-25(16-28-26(33)21-11-13-22(34-3)14-12-21)29-30-27(31)35-17-24(32)20-7-5-4-6-8-20/h4-15H,16-17H2,1-3H3,(H,28,33). The summed E-state index contributed by atoms with van der Waals surface area (Å²) >= 11 is 1.33. The largest absolute Gasteiger partial charge is 0.497 e. The molecule has 35 heavy (non-hydrogen) atoms. The molecule has 3 aromatic carbocycles. The van der Waals surface area contributed by atoms with Crippen LogP contribution in [0.1, 0.15) is 37.7 Å². The third-order valence-corrected chi connectivity index (χ3v) is 6.42. The van der Waals surface area contributed by atoms with Crippen molar-refractivity contribution >= 4 is 23.5 Å². The molecule has 0 aliphatic heterocycles. The molecule has 0 bridgehead atoms. The lowest BCUT2D eigenvalue weighted by Gasteiger charge is -2.14. The Morgan fingerprint density at radius 3 is 2.40 bits per heavy atom. The van der Waals surface area contributed by atoms with Crippen LogP contribution in [0.5, 0.6) is 5.75 Å². The van der Waals surface area contributed by atoms with E-state index < -0.39 is 0 Å². The van der Waals surface area contributed by atoms with Gasteiger partial charge in [-0.05, 0) is 55.3 Å². The molecule has 4 aromatic rings. The first-order valence-corrected chi connectivity index (χ1v) is 12.1. The number of hydrogen-bond donors (Lipinski definition) is 1. The highest BCUT2D eigenvalue weighted by Crippen LogP contribution is 2.26. The van der Waals surface area contributed by atoms with E-state index in [0.717, 1.165) is 16.8 Å². The van der Waals surface area contributed by atoms with Crippen LogP contribution in [0.4, 0.5) is 0 Å². The summed E-state index contributed by atoms with van der Waals surface area (Å²) in [5.74, 6) is 1.28. The van der Waals surface area contributed by atoms with Crippen molar-refractivity contribution < 1.29 is 14.3 Å². The van der Waals surface area contributed by atoms with E-state index in [1.165, 1.54) is 11.8 Å². The molecule has 1 amide bonds. The highest BCUT2D eigenvalue weighted by Gasteiger charge is 2.19. The number of rotatable bonds is 9. The van der Waals surface area contributed by atoms with E-state index in [9.17, 15) is 9.59 Å². The number of hydrogen-bond acceptors (Lipinski definition) is 6. The highest BCUT2D eigenvalue weighted by molar-refractivity contribution is 7.99. The Bertz CT molecular complexity index is 1330. The molecular weight excluding hydrogens is 460 g/mol. The van der Waals surface area contributed by atoms with Crippen molar-refractivity contribution in [2.24, 2.45) is 0 Å². The molecule has 0 saturated carbocycles.